The molecule has 3 amide bonds. The highest BCUT2D eigenvalue weighted by atomic mass is 35.5. The number of anilines is 1. The van der Waals surface area contributed by atoms with Crippen molar-refractivity contribution in [2.24, 2.45) is 16.9 Å². The van der Waals surface area contributed by atoms with E-state index in [-0.39, 0.29) is 30.1 Å². The molecule has 0 radical (unpaired) electrons. The molecule has 1 N–H and O–H groups in total. The van der Waals surface area contributed by atoms with E-state index < -0.39 is 17.3 Å². The van der Waals surface area contributed by atoms with Gasteiger partial charge in [-0.25, -0.2) is 10.3 Å². The van der Waals surface area contributed by atoms with Crippen LogP contribution in [0, 0.1) is 18.8 Å². The first-order chi connectivity index (χ1) is 20.3. The van der Waals surface area contributed by atoms with Crippen molar-refractivity contribution in [3.05, 3.63) is 134 Å². The summed E-state index contributed by atoms with van der Waals surface area (Å²) in [4.78, 5) is 43.0. The summed E-state index contributed by atoms with van der Waals surface area (Å²) >= 11 is 12.3. The van der Waals surface area contributed by atoms with Gasteiger partial charge in [0.25, 0.3) is 0 Å². The van der Waals surface area contributed by atoms with Crippen LogP contribution in [0.2, 0.25) is 10.0 Å². The van der Waals surface area contributed by atoms with Gasteiger partial charge in [0.1, 0.15) is 0 Å². The summed E-state index contributed by atoms with van der Waals surface area (Å²) in [5.41, 5.74) is 7.46. The van der Waals surface area contributed by atoms with Crippen LogP contribution in [-0.2, 0) is 26.2 Å². The zero-order valence-electron chi connectivity index (χ0n) is 22.6. The van der Waals surface area contributed by atoms with E-state index in [1.807, 2.05) is 61.5 Å². The van der Waals surface area contributed by atoms with Gasteiger partial charge in [-0.15, -0.1) is 0 Å². The third-order valence-corrected chi connectivity index (χ3v) is 9.32. The largest absolute Gasteiger partial charge is 0.274 e. The molecule has 4 aliphatic rings. The van der Waals surface area contributed by atoms with Crippen molar-refractivity contribution in [2.75, 3.05) is 4.90 Å². The van der Waals surface area contributed by atoms with Crippen molar-refractivity contribution in [1.82, 2.24) is 5.43 Å². The molecule has 4 aromatic carbocycles. The Morgan fingerprint density at radius 1 is 0.881 bits per heavy atom. The lowest BCUT2D eigenvalue weighted by Crippen LogP contribution is -2.54. The van der Waals surface area contributed by atoms with Gasteiger partial charge in [-0.3, -0.25) is 14.4 Å². The Bertz CT molecular complexity index is 1770. The normalized spacial score (nSPS) is 23.6. The number of hydrogen-bond acceptors (Lipinski definition) is 4. The molecule has 1 fully saturated rings. The van der Waals surface area contributed by atoms with Gasteiger partial charge in [0.05, 0.1) is 29.4 Å². The Balaban J connectivity index is 1.36. The maximum absolute atomic E-state index is 14.5. The zero-order valence-corrected chi connectivity index (χ0v) is 24.1. The Kier molecular flexibility index (Phi) is 6.30. The van der Waals surface area contributed by atoms with Gasteiger partial charge >= 0.3 is 0 Å². The van der Waals surface area contributed by atoms with E-state index in [0.29, 0.717) is 15.7 Å². The van der Waals surface area contributed by atoms with Crippen LogP contribution in [0.3, 0.4) is 0 Å². The molecule has 2 atom stereocenters. The number of imide groups is 1. The van der Waals surface area contributed by atoms with E-state index in [9.17, 15) is 14.4 Å². The number of nitrogens with one attached hydrogen (secondary N) is 1. The minimum atomic E-state index is -1.08. The van der Waals surface area contributed by atoms with Crippen molar-refractivity contribution >= 4 is 52.8 Å². The van der Waals surface area contributed by atoms with Crippen molar-refractivity contribution in [2.45, 2.75) is 24.7 Å². The van der Waals surface area contributed by atoms with Gasteiger partial charge in [0.2, 0.25) is 17.7 Å². The van der Waals surface area contributed by atoms with Crippen LogP contribution in [0.5, 0.6) is 0 Å². The molecule has 0 unspecified atom stereocenters. The third-order valence-electron chi connectivity index (χ3n) is 8.83. The van der Waals surface area contributed by atoms with E-state index in [0.717, 1.165) is 33.4 Å². The molecule has 208 valence electrons. The van der Waals surface area contributed by atoms with Crippen LogP contribution in [0.1, 0.15) is 39.3 Å². The second kappa shape index (κ2) is 9.93. The molecule has 8 heteroatoms. The summed E-state index contributed by atoms with van der Waals surface area (Å²) in [5, 5.41) is 5.51. The second-order valence-electron chi connectivity index (χ2n) is 11.1. The van der Waals surface area contributed by atoms with Crippen molar-refractivity contribution in [3.8, 4) is 0 Å². The van der Waals surface area contributed by atoms with Crippen LogP contribution >= 0.6 is 23.2 Å². The SMILES string of the molecule is Cc1ccc(Cl)cc1N1C(=O)[C@H]2C3c4ccccc4C(/C=N\NC(=O)Cc4ccc(Cl)cc4)(c4ccccc43)[C@H]2C1=O. The first-order valence-corrected chi connectivity index (χ1v) is 14.5. The third kappa shape index (κ3) is 3.86. The first kappa shape index (κ1) is 26.6. The molecule has 0 saturated carbocycles. The molecule has 1 aliphatic heterocycles. The molecule has 3 aliphatic carbocycles. The van der Waals surface area contributed by atoms with Crippen LogP contribution in [0.4, 0.5) is 5.69 Å². The fourth-order valence-electron chi connectivity index (χ4n) is 7.14. The molecule has 0 aromatic heterocycles. The van der Waals surface area contributed by atoms with E-state index in [2.05, 4.69) is 10.5 Å². The van der Waals surface area contributed by atoms with Crippen LogP contribution in [0.25, 0.3) is 0 Å². The lowest BCUT2D eigenvalue weighted by Gasteiger charge is -2.52. The molecule has 8 rings (SSSR count). The predicted octanol–water partition coefficient (Wildman–Crippen LogP) is 6.20. The number of amides is 3. The zero-order chi connectivity index (χ0) is 29.2. The number of halogens is 2. The summed E-state index contributed by atoms with van der Waals surface area (Å²) in [5.74, 6) is -2.56. The van der Waals surface area contributed by atoms with Crippen LogP contribution < -0.4 is 10.3 Å². The van der Waals surface area contributed by atoms with Crippen LogP contribution in [0.15, 0.2) is 96.1 Å². The molecule has 1 heterocycles. The number of rotatable bonds is 5. The average molecular weight is 594 g/mol. The number of nitrogens with zero attached hydrogens (tertiary/aromatic N) is 2. The van der Waals surface area contributed by atoms with Gasteiger partial charge in [0.15, 0.2) is 0 Å². The Morgan fingerprint density at radius 2 is 1.50 bits per heavy atom. The standard InChI is InChI=1S/C34H25Cl2N3O3/c1-19-10-13-22(36)17-27(19)39-32(41)30-29-23-6-2-4-8-25(23)34(31(30)33(39)42,26-9-5-3-7-24(26)29)18-37-38-28(40)16-20-11-14-21(35)15-12-20/h2-15,17-18,29-31H,16H2,1H3,(H,38,40)/b37-18-/t29?,30-,31+,34?/m0/s1. The lowest BCUT2D eigenvalue weighted by molar-refractivity contribution is -0.123. The molecule has 0 spiro atoms. The fraction of sp³-hybridized carbons (Fsp3) is 0.176. The van der Waals surface area contributed by atoms with E-state index >= 15 is 0 Å². The monoisotopic (exact) mass is 593 g/mol. The Hall–Kier alpha value is -4.26. The molecular formula is C34H25Cl2N3O3. The molecular weight excluding hydrogens is 569 g/mol. The highest BCUT2D eigenvalue weighted by Crippen LogP contribution is 2.63. The smallest absolute Gasteiger partial charge is 0.244 e. The predicted molar refractivity (Wildman–Crippen MR) is 163 cm³/mol. The number of carbonyl (C=O) groups is 3. The minimum absolute atomic E-state index is 0.113. The number of benzene rings is 4. The van der Waals surface area contributed by atoms with E-state index in [1.54, 1.807) is 42.6 Å². The summed E-state index contributed by atoms with van der Waals surface area (Å²) in [6.45, 7) is 1.86. The Morgan fingerprint density at radius 3 is 2.17 bits per heavy atom. The number of aryl methyl sites for hydroxylation is 1. The Labute approximate surface area is 253 Å². The first-order valence-electron chi connectivity index (χ1n) is 13.7. The molecule has 4 aromatic rings. The molecule has 2 bridgehead atoms. The number of hydrazone groups is 1. The van der Waals surface area contributed by atoms with E-state index in [1.165, 1.54) is 4.90 Å². The maximum atomic E-state index is 14.5. The number of carbonyl (C=O) groups excluding carboxylic acids is 3. The maximum Gasteiger partial charge on any atom is 0.244 e. The molecule has 42 heavy (non-hydrogen) atoms. The van der Waals surface area contributed by atoms with E-state index in [4.69, 9.17) is 23.2 Å². The van der Waals surface area contributed by atoms with Gasteiger partial charge in [-0.05, 0) is 64.6 Å². The number of hydrogen-bond donors (Lipinski definition) is 1. The second-order valence-corrected chi connectivity index (χ2v) is 11.9. The van der Waals surface area contributed by atoms with Gasteiger partial charge < -0.3 is 0 Å². The van der Waals surface area contributed by atoms with Crippen molar-refractivity contribution in [1.29, 1.82) is 0 Å². The molecule has 6 nitrogen and oxygen atoms in total. The fourth-order valence-corrected chi connectivity index (χ4v) is 7.44. The van der Waals surface area contributed by atoms with Crippen molar-refractivity contribution < 1.29 is 14.4 Å². The van der Waals surface area contributed by atoms with Gasteiger partial charge in [-0.2, -0.15) is 5.10 Å². The topological polar surface area (TPSA) is 78.8 Å². The summed E-state index contributed by atoms with van der Waals surface area (Å²) in [7, 11) is 0. The average Bonchev–Trinajstić information content (AvgIpc) is 3.26. The van der Waals surface area contributed by atoms with Crippen LogP contribution in [-0.4, -0.2) is 23.9 Å². The molecule has 1 saturated heterocycles. The summed E-state index contributed by atoms with van der Waals surface area (Å²) < 4.78 is 0. The highest BCUT2D eigenvalue weighted by molar-refractivity contribution is 6.32. The van der Waals surface area contributed by atoms with Gasteiger partial charge in [-0.1, -0.05) is 89.9 Å². The summed E-state index contributed by atoms with van der Waals surface area (Å²) in [6, 6.07) is 28.1. The summed E-state index contributed by atoms with van der Waals surface area (Å²) in [6.07, 6.45) is 1.78. The quantitative estimate of drug-likeness (QED) is 0.170. The van der Waals surface area contributed by atoms with Gasteiger partial charge in [0, 0.05) is 22.2 Å². The van der Waals surface area contributed by atoms with Crippen molar-refractivity contribution in [3.63, 3.8) is 0 Å². The minimum Gasteiger partial charge on any atom is -0.274 e. The highest BCUT2D eigenvalue weighted by Gasteiger charge is 2.68. The lowest BCUT2D eigenvalue weighted by atomic mass is 9.47.